The van der Waals surface area contributed by atoms with Gasteiger partial charge in [0.15, 0.2) is 5.60 Å². The Morgan fingerprint density at radius 2 is 1.96 bits per heavy atom. The van der Waals surface area contributed by atoms with Gasteiger partial charge in [-0.15, -0.1) is 0 Å². The van der Waals surface area contributed by atoms with Crippen LogP contribution < -0.4 is 0 Å². The van der Waals surface area contributed by atoms with Gasteiger partial charge in [-0.1, -0.05) is 54.9 Å². The lowest BCUT2D eigenvalue weighted by molar-refractivity contribution is -0.167. The van der Waals surface area contributed by atoms with Crippen LogP contribution >= 0.6 is 11.6 Å². The SMILES string of the molecule is C[C@H](c1ccccc1)[C@@](C)(O)C(=O)OCc1ccc(F)cc1Cl. The van der Waals surface area contributed by atoms with Crippen molar-refractivity contribution in [3.05, 3.63) is 70.5 Å². The fraction of sp³-hybridized carbons (Fsp3) is 0.278. The Hall–Kier alpha value is -1.91. The molecule has 0 aliphatic carbocycles. The number of halogens is 2. The van der Waals surface area contributed by atoms with E-state index < -0.39 is 23.3 Å². The second kappa shape index (κ2) is 7.11. The average molecular weight is 337 g/mol. The maximum Gasteiger partial charge on any atom is 0.338 e. The standard InChI is InChI=1S/C18H18ClFO3/c1-12(13-6-4-3-5-7-13)18(2,22)17(21)23-11-14-8-9-15(20)10-16(14)19/h3-10,12,22H,11H2,1-2H3/t12-,18-/m1/s1. The van der Waals surface area contributed by atoms with E-state index in [9.17, 15) is 14.3 Å². The van der Waals surface area contributed by atoms with Gasteiger partial charge in [0.25, 0.3) is 0 Å². The zero-order valence-electron chi connectivity index (χ0n) is 12.9. The Morgan fingerprint density at radius 1 is 1.30 bits per heavy atom. The molecule has 5 heteroatoms. The van der Waals surface area contributed by atoms with Crippen molar-refractivity contribution in [1.29, 1.82) is 0 Å². The van der Waals surface area contributed by atoms with Gasteiger partial charge in [0.1, 0.15) is 12.4 Å². The van der Waals surface area contributed by atoms with Gasteiger partial charge >= 0.3 is 5.97 Å². The van der Waals surface area contributed by atoms with Crippen molar-refractivity contribution in [2.45, 2.75) is 32.0 Å². The number of hydrogen-bond donors (Lipinski definition) is 1. The molecule has 0 aromatic heterocycles. The monoisotopic (exact) mass is 336 g/mol. The van der Waals surface area contributed by atoms with Crippen LogP contribution in [-0.2, 0) is 16.1 Å². The molecule has 0 saturated carbocycles. The van der Waals surface area contributed by atoms with Gasteiger partial charge in [0.05, 0.1) is 5.02 Å². The molecule has 122 valence electrons. The molecule has 3 nitrogen and oxygen atoms in total. The van der Waals surface area contributed by atoms with Crippen molar-refractivity contribution in [1.82, 2.24) is 0 Å². The summed E-state index contributed by atoms with van der Waals surface area (Å²) >= 11 is 5.89. The van der Waals surface area contributed by atoms with E-state index in [0.29, 0.717) is 5.56 Å². The Balaban J connectivity index is 2.06. The van der Waals surface area contributed by atoms with Crippen LogP contribution in [0.25, 0.3) is 0 Å². The summed E-state index contributed by atoms with van der Waals surface area (Å²) in [5.41, 5.74) is -0.382. The summed E-state index contributed by atoms with van der Waals surface area (Å²) in [4.78, 5) is 12.2. The molecule has 2 aromatic carbocycles. The second-order valence-electron chi connectivity index (χ2n) is 5.59. The first-order valence-electron chi connectivity index (χ1n) is 7.21. The molecule has 0 bridgehead atoms. The lowest BCUT2D eigenvalue weighted by Crippen LogP contribution is -2.41. The Morgan fingerprint density at radius 3 is 2.57 bits per heavy atom. The molecule has 1 N–H and O–H groups in total. The summed E-state index contributed by atoms with van der Waals surface area (Å²) in [6.45, 7) is 3.04. The number of carbonyl (C=O) groups is 1. The normalized spacial score (nSPS) is 14.8. The zero-order valence-corrected chi connectivity index (χ0v) is 13.7. The second-order valence-corrected chi connectivity index (χ2v) is 6.00. The lowest BCUT2D eigenvalue weighted by atomic mass is 9.85. The summed E-state index contributed by atoms with van der Waals surface area (Å²) in [6.07, 6.45) is 0. The van der Waals surface area contributed by atoms with Crippen LogP contribution in [0.5, 0.6) is 0 Å². The minimum atomic E-state index is -1.69. The molecule has 23 heavy (non-hydrogen) atoms. The van der Waals surface area contributed by atoms with Crippen molar-refractivity contribution in [3.63, 3.8) is 0 Å². The highest BCUT2D eigenvalue weighted by Gasteiger charge is 2.39. The molecule has 0 amide bonds. The number of benzene rings is 2. The summed E-state index contributed by atoms with van der Waals surface area (Å²) in [5.74, 6) is -1.66. The van der Waals surface area contributed by atoms with E-state index in [4.69, 9.17) is 16.3 Å². The van der Waals surface area contributed by atoms with Crippen LogP contribution in [0.3, 0.4) is 0 Å². The summed E-state index contributed by atoms with van der Waals surface area (Å²) < 4.78 is 18.2. The first kappa shape index (κ1) is 17.4. The Kier molecular flexibility index (Phi) is 5.39. The van der Waals surface area contributed by atoms with E-state index in [-0.39, 0.29) is 11.6 Å². The molecule has 2 aromatic rings. The van der Waals surface area contributed by atoms with Crippen molar-refractivity contribution in [2.24, 2.45) is 0 Å². The number of aliphatic hydroxyl groups is 1. The predicted molar refractivity (Wildman–Crippen MR) is 86.7 cm³/mol. The number of esters is 1. The molecular weight excluding hydrogens is 319 g/mol. The highest BCUT2D eigenvalue weighted by molar-refractivity contribution is 6.31. The minimum absolute atomic E-state index is 0.129. The van der Waals surface area contributed by atoms with E-state index >= 15 is 0 Å². The molecule has 0 aliphatic rings. The molecule has 2 atom stereocenters. The van der Waals surface area contributed by atoms with E-state index in [0.717, 1.165) is 11.6 Å². The molecule has 0 aliphatic heterocycles. The van der Waals surface area contributed by atoms with Crippen LogP contribution in [0.4, 0.5) is 4.39 Å². The van der Waals surface area contributed by atoms with Gasteiger partial charge in [0.2, 0.25) is 0 Å². The third-order valence-corrected chi connectivity index (χ3v) is 4.28. The Labute approximate surface area is 139 Å². The number of hydrogen-bond acceptors (Lipinski definition) is 3. The third kappa shape index (κ3) is 4.09. The predicted octanol–water partition coefficient (Wildman–Crippen LogP) is 4.08. The highest BCUT2D eigenvalue weighted by atomic mass is 35.5. The van der Waals surface area contributed by atoms with Crippen molar-refractivity contribution in [2.75, 3.05) is 0 Å². The first-order chi connectivity index (χ1) is 10.8. The number of carbonyl (C=O) groups excluding carboxylic acids is 1. The first-order valence-corrected chi connectivity index (χ1v) is 7.58. The van der Waals surface area contributed by atoms with E-state index in [1.165, 1.54) is 19.1 Å². The average Bonchev–Trinajstić information content (AvgIpc) is 2.53. The van der Waals surface area contributed by atoms with Gasteiger partial charge in [-0.05, 0) is 24.6 Å². The van der Waals surface area contributed by atoms with Gasteiger partial charge in [0, 0.05) is 11.5 Å². The van der Waals surface area contributed by atoms with E-state index in [1.54, 1.807) is 6.92 Å². The fourth-order valence-electron chi connectivity index (χ4n) is 2.17. The third-order valence-electron chi connectivity index (χ3n) is 3.93. The molecule has 0 spiro atoms. The van der Waals surface area contributed by atoms with Gasteiger partial charge in [-0.25, -0.2) is 9.18 Å². The van der Waals surface area contributed by atoms with Gasteiger partial charge in [-0.2, -0.15) is 0 Å². The van der Waals surface area contributed by atoms with Crippen LogP contribution in [0.1, 0.15) is 30.9 Å². The van der Waals surface area contributed by atoms with Crippen molar-refractivity contribution in [3.8, 4) is 0 Å². The smallest absolute Gasteiger partial charge is 0.338 e. The van der Waals surface area contributed by atoms with E-state index in [1.807, 2.05) is 30.3 Å². The van der Waals surface area contributed by atoms with Crippen LogP contribution in [0.2, 0.25) is 5.02 Å². The maximum absolute atomic E-state index is 13.0. The lowest BCUT2D eigenvalue weighted by Gasteiger charge is -2.28. The van der Waals surface area contributed by atoms with Crippen LogP contribution in [0.15, 0.2) is 48.5 Å². The highest BCUT2D eigenvalue weighted by Crippen LogP contribution is 2.29. The van der Waals surface area contributed by atoms with Gasteiger partial charge < -0.3 is 9.84 Å². The summed E-state index contributed by atoms with van der Waals surface area (Å²) in [5, 5.41) is 10.7. The van der Waals surface area contributed by atoms with Crippen molar-refractivity contribution < 1.29 is 19.0 Å². The molecule has 2 rings (SSSR count). The quantitative estimate of drug-likeness (QED) is 0.837. The fourth-order valence-corrected chi connectivity index (χ4v) is 2.39. The number of rotatable bonds is 5. The molecule has 0 heterocycles. The Bertz CT molecular complexity index is 686. The van der Waals surface area contributed by atoms with Crippen LogP contribution in [0, 0.1) is 5.82 Å². The topological polar surface area (TPSA) is 46.5 Å². The van der Waals surface area contributed by atoms with E-state index in [2.05, 4.69) is 0 Å². The van der Waals surface area contributed by atoms with Gasteiger partial charge in [-0.3, -0.25) is 0 Å². The molecule has 0 fully saturated rings. The zero-order chi connectivity index (χ0) is 17.0. The summed E-state index contributed by atoms with van der Waals surface area (Å²) in [7, 11) is 0. The molecular formula is C18H18ClFO3. The summed E-state index contributed by atoms with van der Waals surface area (Å²) in [6, 6.07) is 13.0. The van der Waals surface area contributed by atoms with Crippen molar-refractivity contribution >= 4 is 17.6 Å². The maximum atomic E-state index is 13.0. The minimum Gasteiger partial charge on any atom is -0.459 e. The largest absolute Gasteiger partial charge is 0.459 e. The molecule has 0 saturated heterocycles. The van der Waals surface area contributed by atoms with Crippen LogP contribution in [-0.4, -0.2) is 16.7 Å². The number of ether oxygens (including phenoxy) is 1. The molecule has 0 radical (unpaired) electrons. The molecule has 0 unspecified atom stereocenters.